The molecule has 6 nitrogen and oxygen atoms in total. The predicted octanol–water partition coefficient (Wildman–Crippen LogP) is 1.71. The minimum absolute atomic E-state index is 0.00604. The Hall–Kier alpha value is -1.92. The topological polar surface area (TPSA) is 64.7 Å². The number of nitrogens with one attached hydrogen (secondary N) is 2. The number of hydrogen-bond donors (Lipinski definition) is 2. The zero-order chi connectivity index (χ0) is 19.4. The van der Waals surface area contributed by atoms with E-state index in [9.17, 15) is 9.59 Å². The maximum absolute atomic E-state index is 12.9. The standard InChI is InChI=1S/C21H32N4O2/c1-15(2)24-8-10-25(11-9-24)21(27)18-12-17(13-22-14-18)20(26)23-19-6-4-16(3)5-7-19/h4-7,15,17-18,22H,8-14H2,1-3H3,(H,23,26)/t17-,18+/m0/s1. The second-order valence-corrected chi connectivity index (χ2v) is 8.10. The molecule has 2 aliphatic heterocycles. The first kappa shape index (κ1) is 19.8. The van der Waals surface area contributed by atoms with E-state index in [0.717, 1.165) is 37.4 Å². The number of carbonyl (C=O) groups excluding carboxylic acids is 2. The lowest BCUT2D eigenvalue weighted by atomic mass is 9.88. The van der Waals surface area contributed by atoms with Crippen molar-refractivity contribution in [1.29, 1.82) is 0 Å². The summed E-state index contributed by atoms with van der Waals surface area (Å²) in [5.41, 5.74) is 1.97. The molecule has 2 amide bonds. The van der Waals surface area contributed by atoms with Crippen molar-refractivity contribution >= 4 is 17.5 Å². The van der Waals surface area contributed by atoms with Crippen molar-refractivity contribution in [3.63, 3.8) is 0 Å². The molecule has 148 valence electrons. The molecule has 1 aromatic carbocycles. The van der Waals surface area contributed by atoms with Crippen molar-refractivity contribution in [2.75, 3.05) is 44.6 Å². The Bertz CT molecular complexity index is 651. The van der Waals surface area contributed by atoms with Crippen LogP contribution in [0.25, 0.3) is 0 Å². The van der Waals surface area contributed by atoms with Gasteiger partial charge in [0, 0.05) is 51.0 Å². The van der Waals surface area contributed by atoms with Crippen molar-refractivity contribution in [3.8, 4) is 0 Å². The van der Waals surface area contributed by atoms with Gasteiger partial charge in [0.05, 0.1) is 11.8 Å². The number of benzene rings is 1. The van der Waals surface area contributed by atoms with Gasteiger partial charge in [-0.2, -0.15) is 0 Å². The zero-order valence-corrected chi connectivity index (χ0v) is 16.7. The third kappa shape index (κ3) is 5.08. The van der Waals surface area contributed by atoms with Crippen molar-refractivity contribution in [2.24, 2.45) is 11.8 Å². The maximum Gasteiger partial charge on any atom is 0.228 e. The van der Waals surface area contributed by atoms with E-state index >= 15 is 0 Å². The van der Waals surface area contributed by atoms with Gasteiger partial charge in [-0.25, -0.2) is 0 Å². The molecule has 0 radical (unpaired) electrons. The van der Waals surface area contributed by atoms with Crippen LogP contribution in [0, 0.1) is 18.8 Å². The molecular weight excluding hydrogens is 340 g/mol. The molecule has 27 heavy (non-hydrogen) atoms. The van der Waals surface area contributed by atoms with Gasteiger partial charge in [0.2, 0.25) is 11.8 Å². The third-order valence-corrected chi connectivity index (χ3v) is 5.75. The summed E-state index contributed by atoms with van der Waals surface area (Å²) in [6, 6.07) is 8.32. The van der Waals surface area contributed by atoms with Gasteiger partial charge < -0.3 is 15.5 Å². The van der Waals surface area contributed by atoms with Gasteiger partial charge in [0.25, 0.3) is 0 Å². The van der Waals surface area contributed by atoms with E-state index in [2.05, 4.69) is 29.4 Å². The van der Waals surface area contributed by atoms with Gasteiger partial charge in [0.15, 0.2) is 0 Å². The number of amides is 2. The summed E-state index contributed by atoms with van der Waals surface area (Å²) in [6.07, 6.45) is 0.619. The fraction of sp³-hybridized carbons (Fsp3) is 0.619. The first-order valence-corrected chi connectivity index (χ1v) is 10.0. The number of piperazine rings is 1. The fourth-order valence-corrected chi connectivity index (χ4v) is 3.93. The van der Waals surface area contributed by atoms with E-state index in [1.165, 1.54) is 0 Å². The summed E-state index contributed by atoms with van der Waals surface area (Å²) in [5.74, 6) is -0.101. The first-order chi connectivity index (χ1) is 12.9. The van der Waals surface area contributed by atoms with E-state index in [4.69, 9.17) is 0 Å². The smallest absolute Gasteiger partial charge is 0.228 e. The van der Waals surface area contributed by atoms with E-state index in [1.54, 1.807) is 0 Å². The summed E-state index contributed by atoms with van der Waals surface area (Å²) in [6.45, 7) is 11.1. The monoisotopic (exact) mass is 372 g/mol. The van der Waals surface area contributed by atoms with Gasteiger partial charge in [-0.05, 0) is 39.3 Å². The van der Waals surface area contributed by atoms with Crippen LogP contribution in [0.3, 0.4) is 0 Å². The average molecular weight is 373 g/mol. The molecule has 0 aliphatic carbocycles. The van der Waals surface area contributed by atoms with E-state index < -0.39 is 0 Å². The van der Waals surface area contributed by atoms with Crippen molar-refractivity contribution < 1.29 is 9.59 Å². The number of anilines is 1. The maximum atomic E-state index is 12.9. The average Bonchev–Trinajstić information content (AvgIpc) is 2.69. The number of nitrogens with zero attached hydrogens (tertiary/aromatic N) is 2. The highest BCUT2D eigenvalue weighted by molar-refractivity contribution is 5.93. The Balaban J connectivity index is 1.53. The second kappa shape index (κ2) is 8.85. The van der Waals surface area contributed by atoms with E-state index in [0.29, 0.717) is 25.6 Å². The minimum atomic E-state index is -0.175. The van der Waals surface area contributed by atoms with Crippen LogP contribution in [0.5, 0.6) is 0 Å². The molecule has 2 atom stereocenters. The van der Waals surface area contributed by atoms with Crippen molar-refractivity contribution in [1.82, 2.24) is 15.1 Å². The third-order valence-electron chi connectivity index (χ3n) is 5.75. The molecule has 0 aromatic heterocycles. The lowest BCUT2D eigenvalue weighted by molar-refractivity contribution is -0.139. The Morgan fingerprint density at radius 3 is 2.30 bits per heavy atom. The van der Waals surface area contributed by atoms with Gasteiger partial charge in [0.1, 0.15) is 0 Å². The van der Waals surface area contributed by atoms with Crippen LogP contribution >= 0.6 is 0 Å². The Labute approximate surface area is 162 Å². The summed E-state index contributed by atoms with van der Waals surface area (Å²) < 4.78 is 0. The molecule has 2 heterocycles. The summed E-state index contributed by atoms with van der Waals surface area (Å²) in [5, 5.41) is 6.27. The molecule has 0 unspecified atom stereocenters. The van der Waals surface area contributed by atoms with Crippen LogP contribution in [-0.2, 0) is 9.59 Å². The number of carbonyl (C=O) groups is 2. The second-order valence-electron chi connectivity index (χ2n) is 8.10. The summed E-state index contributed by atoms with van der Waals surface area (Å²) in [7, 11) is 0. The Morgan fingerprint density at radius 2 is 1.67 bits per heavy atom. The Kier molecular flexibility index (Phi) is 6.50. The molecule has 0 spiro atoms. The molecule has 2 fully saturated rings. The molecule has 3 rings (SSSR count). The first-order valence-electron chi connectivity index (χ1n) is 10.0. The summed E-state index contributed by atoms with van der Waals surface area (Å²) in [4.78, 5) is 29.9. The van der Waals surface area contributed by atoms with Crippen LogP contribution < -0.4 is 10.6 Å². The molecule has 2 aliphatic rings. The van der Waals surface area contributed by atoms with Crippen molar-refractivity contribution in [3.05, 3.63) is 29.8 Å². The van der Waals surface area contributed by atoms with E-state index in [-0.39, 0.29) is 23.7 Å². The molecular formula is C21H32N4O2. The van der Waals surface area contributed by atoms with Gasteiger partial charge in [-0.3, -0.25) is 14.5 Å². The SMILES string of the molecule is Cc1ccc(NC(=O)[C@@H]2CNC[C@H](C(=O)N3CCN(C(C)C)CC3)C2)cc1. The van der Waals surface area contributed by atoms with Gasteiger partial charge >= 0.3 is 0 Å². The number of hydrogen-bond acceptors (Lipinski definition) is 4. The molecule has 0 bridgehead atoms. The molecule has 2 N–H and O–H groups in total. The molecule has 1 aromatic rings. The number of aryl methyl sites for hydroxylation is 1. The highest BCUT2D eigenvalue weighted by Gasteiger charge is 2.34. The van der Waals surface area contributed by atoms with Crippen LogP contribution in [0.4, 0.5) is 5.69 Å². The summed E-state index contributed by atoms with van der Waals surface area (Å²) >= 11 is 0. The van der Waals surface area contributed by atoms with Crippen LogP contribution in [0.15, 0.2) is 24.3 Å². The van der Waals surface area contributed by atoms with Crippen molar-refractivity contribution in [2.45, 2.75) is 33.2 Å². The molecule has 0 saturated carbocycles. The highest BCUT2D eigenvalue weighted by Crippen LogP contribution is 2.22. The van der Waals surface area contributed by atoms with Crippen LogP contribution in [0.1, 0.15) is 25.8 Å². The van der Waals surface area contributed by atoms with Crippen LogP contribution in [0.2, 0.25) is 0 Å². The number of rotatable bonds is 4. The number of piperidine rings is 1. The van der Waals surface area contributed by atoms with Gasteiger partial charge in [-0.15, -0.1) is 0 Å². The zero-order valence-electron chi connectivity index (χ0n) is 16.7. The highest BCUT2D eigenvalue weighted by atomic mass is 16.2. The molecule has 2 saturated heterocycles. The quantitative estimate of drug-likeness (QED) is 0.845. The lowest BCUT2D eigenvalue weighted by Gasteiger charge is -2.39. The Morgan fingerprint density at radius 1 is 1.04 bits per heavy atom. The molecule has 6 heteroatoms. The minimum Gasteiger partial charge on any atom is -0.340 e. The predicted molar refractivity (Wildman–Crippen MR) is 108 cm³/mol. The van der Waals surface area contributed by atoms with Gasteiger partial charge in [-0.1, -0.05) is 17.7 Å². The van der Waals surface area contributed by atoms with E-state index in [1.807, 2.05) is 36.1 Å². The lowest BCUT2D eigenvalue weighted by Crippen LogP contribution is -2.54. The normalized spacial score (nSPS) is 24.1. The van der Waals surface area contributed by atoms with Crippen LogP contribution in [-0.4, -0.2) is 66.9 Å². The fourth-order valence-electron chi connectivity index (χ4n) is 3.93. The largest absolute Gasteiger partial charge is 0.340 e.